The number of rotatable bonds is 5. The van der Waals surface area contributed by atoms with Gasteiger partial charge < -0.3 is 4.90 Å². The first-order chi connectivity index (χ1) is 11.2. The third-order valence-electron chi connectivity index (χ3n) is 3.02. The smallest absolute Gasteiger partial charge is 0.324 e. The second kappa shape index (κ2) is 7.31. The molecule has 10 heteroatoms. The molecule has 0 saturated carbocycles. The average Bonchev–Trinajstić information content (AvgIpc) is 2.91. The van der Waals surface area contributed by atoms with Crippen molar-refractivity contribution < 1.29 is 22.9 Å². The molecule has 0 radical (unpaired) electrons. The largest absolute Gasteiger partial charge is 0.406 e. The Balaban J connectivity index is 2.36. The summed E-state index contributed by atoms with van der Waals surface area (Å²) in [6.45, 7) is -2.01. The monoisotopic (exact) mass is 422 g/mol. The van der Waals surface area contributed by atoms with Gasteiger partial charge in [-0.2, -0.15) is 13.2 Å². The van der Waals surface area contributed by atoms with Crippen LogP contribution in [0.4, 0.5) is 18.9 Å². The number of nitrogens with zero attached hydrogens (tertiary/aromatic N) is 2. The molecule has 2 rings (SSSR count). The fourth-order valence-electron chi connectivity index (χ4n) is 2.03. The SMILES string of the molecule is O=C(c1sccc1Br)N(Cc1ccccc1[N+](=O)[O-])CC(F)(F)F. The molecular weight excluding hydrogens is 413 g/mol. The van der Waals surface area contributed by atoms with E-state index in [0.29, 0.717) is 9.37 Å². The van der Waals surface area contributed by atoms with Crippen molar-refractivity contribution in [3.8, 4) is 0 Å². The fourth-order valence-corrected chi connectivity index (χ4v) is 3.54. The molecule has 1 aromatic heterocycles. The zero-order valence-corrected chi connectivity index (χ0v) is 14.3. The minimum absolute atomic E-state index is 0.0350. The molecule has 0 aliphatic heterocycles. The molecule has 1 heterocycles. The van der Waals surface area contributed by atoms with Gasteiger partial charge >= 0.3 is 6.18 Å². The number of carbonyl (C=O) groups excluding carboxylic acids is 1. The lowest BCUT2D eigenvalue weighted by molar-refractivity contribution is -0.385. The molecule has 0 aliphatic rings. The van der Waals surface area contributed by atoms with Crippen LogP contribution in [0.1, 0.15) is 15.2 Å². The Morgan fingerprint density at radius 2 is 1.96 bits per heavy atom. The zero-order valence-electron chi connectivity index (χ0n) is 11.9. The molecule has 0 saturated heterocycles. The van der Waals surface area contributed by atoms with Gasteiger partial charge in [-0.25, -0.2) is 0 Å². The molecule has 128 valence electrons. The molecule has 0 bridgehead atoms. The van der Waals surface area contributed by atoms with Crippen LogP contribution >= 0.6 is 27.3 Å². The minimum Gasteiger partial charge on any atom is -0.324 e. The van der Waals surface area contributed by atoms with Crippen molar-refractivity contribution in [3.63, 3.8) is 0 Å². The number of halogens is 4. The van der Waals surface area contributed by atoms with Gasteiger partial charge in [0.1, 0.15) is 11.4 Å². The number of nitro groups is 1. The summed E-state index contributed by atoms with van der Waals surface area (Å²) >= 11 is 4.11. The lowest BCUT2D eigenvalue weighted by atomic mass is 10.1. The van der Waals surface area contributed by atoms with Gasteiger partial charge in [0.2, 0.25) is 0 Å². The Morgan fingerprint density at radius 1 is 1.29 bits per heavy atom. The zero-order chi connectivity index (χ0) is 17.9. The number of thiophene rings is 1. The Morgan fingerprint density at radius 3 is 2.50 bits per heavy atom. The summed E-state index contributed by atoms with van der Waals surface area (Å²) in [5.41, 5.74) is -0.296. The average molecular weight is 423 g/mol. The number of para-hydroxylation sites is 1. The van der Waals surface area contributed by atoms with Crippen LogP contribution in [0.15, 0.2) is 40.2 Å². The van der Waals surface area contributed by atoms with Gasteiger partial charge in [0.25, 0.3) is 11.6 Å². The lowest BCUT2D eigenvalue weighted by Gasteiger charge is -2.23. The quantitative estimate of drug-likeness (QED) is 0.521. The first kappa shape index (κ1) is 18.4. The summed E-state index contributed by atoms with van der Waals surface area (Å²) < 4.78 is 38.9. The summed E-state index contributed by atoms with van der Waals surface area (Å²) in [5, 5.41) is 12.6. The van der Waals surface area contributed by atoms with Crippen molar-refractivity contribution in [1.29, 1.82) is 0 Å². The minimum atomic E-state index is -4.62. The summed E-state index contributed by atoms with van der Waals surface area (Å²) in [4.78, 5) is 23.4. The maximum Gasteiger partial charge on any atom is 0.406 e. The van der Waals surface area contributed by atoms with Crippen LogP contribution in [-0.2, 0) is 6.54 Å². The molecule has 0 unspecified atom stereocenters. The predicted octanol–water partition coefficient (Wildman–Crippen LogP) is 4.62. The highest BCUT2D eigenvalue weighted by Crippen LogP contribution is 2.28. The fraction of sp³-hybridized carbons (Fsp3) is 0.214. The highest BCUT2D eigenvalue weighted by Gasteiger charge is 2.35. The van der Waals surface area contributed by atoms with Crippen molar-refractivity contribution in [2.75, 3.05) is 6.54 Å². The number of benzene rings is 1. The summed E-state index contributed by atoms with van der Waals surface area (Å²) in [6, 6.07) is 6.95. The highest BCUT2D eigenvalue weighted by atomic mass is 79.9. The Hall–Kier alpha value is -1.94. The Bertz CT molecular complexity index is 764. The number of alkyl halides is 3. The molecule has 24 heavy (non-hydrogen) atoms. The lowest BCUT2D eigenvalue weighted by Crippen LogP contribution is -2.38. The predicted molar refractivity (Wildman–Crippen MR) is 85.9 cm³/mol. The molecule has 1 aromatic carbocycles. The van der Waals surface area contributed by atoms with Gasteiger partial charge in [-0.15, -0.1) is 11.3 Å². The van der Waals surface area contributed by atoms with Gasteiger partial charge in [0.15, 0.2) is 0 Å². The van der Waals surface area contributed by atoms with Crippen LogP contribution in [0.2, 0.25) is 0 Å². The van der Waals surface area contributed by atoms with E-state index >= 15 is 0 Å². The number of hydrogen-bond acceptors (Lipinski definition) is 4. The van der Waals surface area contributed by atoms with Crippen LogP contribution in [0.3, 0.4) is 0 Å². The van der Waals surface area contributed by atoms with Gasteiger partial charge in [-0.05, 0) is 27.4 Å². The van der Waals surface area contributed by atoms with Crippen molar-refractivity contribution in [2.45, 2.75) is 12.7 Å². The molecule has 2 aromatic rings. The number of carbonyl (C=O) groups is 1. The van der Waals surface area contributed by atoms with Crippen LogP contribution in [0, 0.1) is 10.1 Å². The maximum absolute atomic E-state index is 12.8. The van der Waals surface area contributed by atoms with E-state index < -0.39 is 30.1 Å². The van der Waals surface area contributed by atoms with Crippen molar-refractivity contribution in [2.24, 2.45) is 0 Å². The van der Waals surface area contributed by atoms with E-state index in [9.17, 15) is 28.1 Å². The van der Waals surface area contributed by atoms with Crippen molar-refractivity contribution in [3.05, 3.63) is 60.7 Å². The van der Waals surface area contributed by atoms with E-state index in [1.807, 2.05) is 0 Å². The van der Waals surface area contributed by atoms with Gasteiger partial charge in [0.05, 0.1) is 11.5 Å². The standard InChI is InChI=1S/C14H10BrF3N2O3S/c15-10-5-6-24-12(10)13(21)19(8-14(16,17)18)7-9-3-1-2-4-11(9)20(22)23/h1-6H,7-8H2. The molecule has 0 spiro atoms. The molecule has 5 nitrogen and oxygen atoms in total. The van der Waals surface area contributed by atoms with Gasteiger partial charge in [-0.1, -0.05) is 18.2 Å². The van der Waals surface area contributed by atoms with E-state index in [-0.39, 0.29) is 16.1 Å². The summed E-state index contributed by atoms with van der Waals surface area (Å²) in [7, 11) is 0. The van der Waals surface area contributed by atoms with Crippen LogP contribution in [0.25, 0.3) is 0 Å². The van der Waals surface area contributed by atoms with Gasteiger partial charge in [0, 0.05) is 16.1 Å². The molecule has 0 atom stereocenters. The van der Waals surface area contributed by atoms with E-state index in [1.54, 1.807) is 11.4 Å². The first-order valence-corrected chi connectivity index (χ1v) is 8.17. The van der Waals surface area contributed by atoms with E-state index in [4.69, 9.17) is 0 Å². The summed E-state index contributed by atoms with van der Waals surface area (Å²) in [6.07, 6.45) is -4.62. The van der Waals surface area contributed by atoms with E-state index in [2.05, 4.69) is 15.9 Å². The van der Waals surface area contributed by atoms with Gasteiger partial charge in [-0.3, -0.25) is 14.9 Å². The van der Waals surface area contributed by atoms with Crippen molar-refractivity contribution in [1.82, 2.24) is 4.90 Å². The van der Waals surface area contributed by atoms with Crippen LogP contribution in [0.5, 0.6) is 0 Å². The molecule has 0 aliphatic carbocycles. The molecule has 0 fully saturated rings. The number of hydrogen-bond donors (Lipinski definition) is 0. The van der Waals surface area contributed by atoms with Crippen LogP contribution in [-0.4, -0.2) is 28.5 Å². The highest BCUT2D eigenvalue weighted by molar-refractivity contribution is 9.10. The number of amides is 1. The maximum atomic E-state index is 12.8. The third kappa shape index (κ3) is 4.54. The van der Waals surface area contributed by atoms with Crippen LogP contribution < -0.4 is 0 Å². The second-order valence-corrected chi connectivity index (χ2v) is 6.53. The van der Waals surface area contributed by atoms with Crippen molar-refractivity contribution >= 4 is 38.9 Å². The first-order valence-electron chi connectivity index (χ1n) is 6.50. The molecular formula is C14H10BrF3N2O3S. The normalized spacial score (nSPS) is 11.3. The molecule has 0 N–H and O–H groups in total. The Labute approximate surface area is 147 Å². The topological polar surface area (TPSA) is 63.5 Å². The van der Waals surface area contributed by atoms with E-state index in [1.165, 1.54) is 24.3 Å². The third-order valence-corrected chi connectivity index (χ3v) is 4.84. The summed E-state index contributed by atoms with van der Waals surface area (Å²) in [5.74, 6) is -0.840. The van der Waals surface area contributed by atoms with E-state index in [0.717, 1.165) is 11.3 Å². The Kier molecular flexibility index (Phi) is 5.60. The molecule has 1 amide bonds. The number of nitro benzene ring substituents is 1. The second-order valence-electron chi connectivity index (χ2n) is 4.76.